The smallest absolute Gasteiger partial charge is 0.647 e. The maximum Gasteiger partial charge on any atom is 1.00 e. The third kappa shape index (κ3) is 7.30. The van der Waals surface area contributed by atoms with Gasteiger partial charge in [0.2, 0.25) is 0 Å². The van der Waals surface area contributed by atoms with Gasteiger partial charge in [-0.25, -0.2) is 0 Å². The van der Waals surface area contributed by atoms with Crippen LogP contribution in [0.3, 0.4) is 0 Å². The molecule has 0 aliphatic carbocycles. The van der Waals surface area contributed by atoms with Crippen LogP contribution in [0.15, 0.2) is 18.2 Å². The van der Waals surface area contributed by atoms with E-state index in [1.165, 1.54) is 6.42 Å². The van der Waals surface area contributed by atoms with Crippen LogP contribution in [0, 0.1) is 13.8 Å². The van der Waals surface area contributed by atoms with Gasteiger partial charge in [-0.2, -0.15) is 13.2 Å². The molecule has 2 nitrogen and oxygen atoms in total. The molecular weight excluding hydrogens is 296 g/mol. The molecule has 1 aromatic rings. The van der Waals surface area contributed by atoms with E-state index in [2.05, 4.69) is 10.2 Å². The van der Waals surface area contributed by atoms with Crippen LogP contribution >= 0.6 is 0 Å². The first-order valence-corrected chi connectivity index (χ1v) is 7.87. The molecule has 2 rings (SSSR count). The van der Waals surface area contributed by atoms with E-state index in [1.807, 2.05) is 32.0 Å². The quantitative estimate of drug-likeness (QED) is 0.756. The summed E-state index contributed by atoms with van der Waals surface area (Å²) in [6.45, 7) is 5.37. The van der Waals surface area contributed by atoms with Gasteiger partial charge in [0.05, 0.1) is 0 Å². The van der Waals surface area contributed by atoms with Crippen LogP contribution in [0.5, 0.6) is 0 Å². The van der Waals surface area contributed by atoms with Crippen LogP contribution in [-0.2, 0) is 0 Å². The Balaban J connectivity index is 0.00000264. The summed E-state index contributed by atoms with van der Waals surface area (Å²) in [6, 6.07) is 5.55. The number of piperidine rings is 1. The zero-order valence-electron chi connectivity index (χ0n) is 14.3. The second kappa shape index (κ2) is 9.13. The van der Waals surface area contributed by atoms with Crippen molar-refractivity contribution in [3.63, 3.8) is 0 Å². The van der Waals surface area contributed by atoms with Crippen LogP contribution in [0.2, 0.25) is 0 Å². The van der Waals surface area contributed by atoms with Crippen LogP contribution in [-0.4, -0.2) is 37.3 Å². The number of alkyl halides is 3. The SMILES string of the molecule is Cc1cc(C)cc([C@H](CN2CCCCC2)[N-]CC(F)(F)F)c1.[Li+]. The first-order chi connectivity index (χ1) is 10.3. The van der Waals surface area contributed by atoms with Crippen molar-refractivity contribution in [1.29, 1.82) is 0 Å². The predicted molar refractivity (Wildman–Crippen MR) is 83.2 cm³/mol. The second-order valence-corrected chi connectivity index (χ2v) is 6.25. The molecule has 1 aromatic carbocycles. The Labute approximate surface area is 149 Å². The molecule has 1 heterocycles. The number of benzene rings is 1. The predicted octanol–water partition coefficient (Wildman–Crippen LogP) is 1.77. The molecule has 1 atom stereocenters. The fourth-order valence-electron chi connectivity index (χ4n) is 3.07. The van der Waals surface area contributed by atoms with Gasteiger partial charge < -0.3 is 10.2 Å². The minimum Gasteiger partial charge on any atom is -0.647 e. The molecule has 23 heavy (non-hydrogen) atoms. The van der Waals surface area contributed by atoms with Crippen LogP contribution < -0.4 is 18.9 Å². The number of likely N-dealkylation sites (tertiary alicyclic amines) is 1. The fourth-order valence-corrected chi connectivity index (χ4v) is 3.07. The number of hydrogen-bond acceptors (Lipinski definition) is 1. The molecule has 0 spiro atoms. The number of rotatable bonds is 5. The van der Waals surface area contributed by atoms with Gasteiger partial charge in [0.25, 0.3) is 0 Å². The maximum absolute atomic E-state index is 12.6. The van der Waals surface area contributed by atoms with Crippen LogP contribution in [0.25, 0.3) is 5.32 Å². The molecule has 0 bridgehead atoms. The standard InChI is InChI=1S/C17H24F3N2.Li/c1-13-8-14(2)10-15(9-13)16(21-12-17(18,19)20)11-22-6-4-3-5-7-22;/h8-10,16H,3-7,11-12H2,1-2H3;/q-1;+1/t16-;/m0./s1. The number of hydrogen-bond donors (Lipinski definition) is 0. The number of halogens is 3. The Kier molecular flexibility index (Phi) is 8.16. The summed E-state index contributed by atoms with van der Waals surface area (Å²) >= 11 is 0. The molecule has 1 aliphatic rings. The van der Waals surface area contributed by atoms with Gasteiger partial charge in [-0.05, 0) is 52.9 Å². The van der Waals surface area contributed by atoms with E-state index in [0.29, 0.717) is 6.54 Å². The summed E-state index contributed by atoms with van der Waals surface area (Å²) in [4.78, 5) is 2.24. The van der Waals surface area contributed by atoms with Crippen molar-refractivity contribution >= 4 is 0 Å². The van der Waals surface area contributed by atoms with Gasteiger partial charge in [0, 0.05) is 0 Å². The molecule has 0 N–H and O–H groups in total. The van der Waals surface area contributed by atoms with Crippen molar-refractivity contribution in [3.8, 4) is 0 Å². The van der Waals surface area contributed by atoms with Crippen molar-refractivity contribution < 1.29 is 32.0 Å². The van der Waals surface area contributed by atoms with E-state index >= 15 is 0 Å². The normalized spacial score (nSPS) is 17.6. The maximum atomic E-state index is 12.6. The molecule has 6 heteroatoms. The Morgan fingerprint density at radius 1 is 1.04 bits per heavy atom. The van der Waals surface area contributed by atoms with E-state index in [1.54, 1.807) is 0 Å². The molecule has 0 radical (unpaired) electrons. The zero-order valence-corrected chi connectivity index (χ0v) is 14.3. The Morgan fingerprint density at radius 3 is 2.13 bits per heavy atom. The molecule has 1 aliphatic heterocycles. The molecule has 1 saturated heterocycles. The van der Waals surface area contributed by atoms with Crippen LogP contribution in [0.1, 0.15) is 42.0 Å². The van der Waals surface area contributed by atoms with Crippen molar-refractivity contribution in [2.24, 2.45) is 0 Å². The Morgan fingerprint density at radius 2 is 1.61 bits per heavy atom. The minimum atomic E-state index is -4.24. The number of aryl methyl sites for hydroxylation is 2. The molecule has 0 saturated carbocycles. The minimum absolute atomic E-state index is 0. The van der Waals surface area contributed by atoms with Crippen molar-refractivity contribution in [2.45, 2.75) is 45.3 Å². The van der Waals surface area contributed by atoms with Gasteiger partial charge in [0.1, 0.15) is 0 Å². The summed E-state index contributed by atoms with van der Waals surface area (Å²) in [6.07, 6.45) is -0.777. The van der Waals surface area contributed by atoms with Crippen LogP contribution in [0.4, 0.5) is 13.2 Å². The second-order valence-electron chi connectivity index (χ2n) is 6.25. The van der Waals surface area contributed by atoms with E-state index < -0.39 is 18.8 Å². The summed E-state index contributed by atoms with van der Waals surface area (Å²) in [7, 11) is 0. The number of nitrogens with zero attached hydrogens (tertiary/aromatic N) is 2. The Hall–Kier alpha value is -0.473. The summed E-state index contributed by atoms with van der Waals surface area (Å²) in [5.41, 5.74) is 3.04. The van der Waals surface area contributed by atoms with Gasteiger partial charge in [-0.3, -0.25) is 0 Å². The largest absolute Gasteiger partial charge is 1.00 e. The van der Waals surface area contributed by atoms with E-state index in [9.17, 15) is 13.2 Å². The zero-order chi connectivity index (χ0) is 16.2. The van der Waals surface area contributed by atoms with E-state index in [-0.39, 0.29) is 18.9 Å². The van der Waals surface area contributed by atoms with E-state index in [0.717, 1.165) is 42.6 Å². The molecule has 0 unspecified atom stereocenters. The van der Waals surface area contributed by atoms with Gasteiger partial charge in [0.15, 0.2) is 0 Å². The third-order valence-corrected chi connectivity index (χ3v) is 4.00. The van der Waals surface area contributed by atoms with E-state index in [4.69, 9.17) is 0 Å². The topological polar surface area (TPSA) is 17.3 Å². The van der Waals surface area contributed by atoms with Gasteiger partial charge in [-0.15, -0.1) is 0 Å². The van der Waals surface area contributed by atoms with Crippen molar-refractivity contribution in [3.05, 3.63) is 40.2 Å². The molecular formula is C17H24F3LiN2. The molecule has 1 fully saturated rings. The summed E-state index contributed by atoms with van der Waals surface area (Å²) in [5, 5.41) is 3.97. The fraction of sp³-hybridized carbons (Fsp3) is 0.647. The monoisotopic (exact) mass is 320 g/mol. The van der Waals surface area contributed by atoms with Crippen molar-refractivity contribution in [1.82, 2.24) is 4.90 Å². The first-order valence-electron chi connectivity index (χ1n) is 7.87. The molecule has 124 valence electrons. The molecule has 0 amide bonds. The van der Waals surface area contributed by atoms with Gasteiger partial charge >= 0.3 is 25.0 Å². The first kappa shape index (κ1) is 20.6. The summed E-state index contributed by atoms with van der Waals surface area (Å²) in [5.74, 6) is 0. The van der Waals surface area contributed by atoms with Crippen molar-refractivity contribution in [2.75, 3.05) is 26.2 Å². The average molecular weight is 320 g/mol. The third-order valence-electron chi connectivity index (χ3n) is 4.00. The molecule has 0 aromatic heterocycles. The average Bonchev–Trinajstić information content (AvgIpc) is 2.42. The Bertz CT molecular complexity index is 465. The summed E-state index contributed by atoms with van der Waals surface area (Å²) < 4.78 is 37.7. The van der Waals surface area contributed by atoms with Gasteiger partial charge in [-0.1, -0.05) is 47.4 Å².